The second-order valence-electron chi connectivity index (χ2n) is 4.51. The maximum atomic E-state index is 11.5. The van der Waals surface area contributed by atoms with Crippen molar-refractivity contribution in [3.63, 3.8) is 0 Å². The van der Waals surface area contributed by atoms with E-state index in [4.69, 9.17) is 0 Å². The summed E-state index contributed by atoms with van der Waals surface area (Å²) in [5.41, 5.74) is 0. The molecule has 0 bridgehead atoms. The van der Waals surface area contributed by atoms with Gasteiger partial charge in [-0.15, -0.1) is 0 Å². The molecule has 0 aromatic carbocycles. The highest BCUT2D eigenvalue weighted by molar-refractivity contribution is 7.89. The molecule has 0 aromatic heterocycles. The van der Waals surface area contributed by atoms with Crippen LogP contribution in [0.25, 0.3) is 0 Å². The topological polar surface area (TPSA) is 72.5 Å². The van der Waals surface area contributed by atoms with Crippen molar-refractivity contribution in [1.29, 1.82) is 0 Å². The van der Waals surface area contributed by atoms with Gasteiger partial charge in [0.15, 0.2) is 0 Å². The molecular formula is C11H21NO4S. The molecule has 1 fully saturated rings. The molecule has 6 heteroatoms. The lowest BCUT2D eigenvalue weighted by molar-refractivity contribution is -0.140. The van der Waals surface area contributed by atoms with Crippen LogP contribution in [0.4, 0.5) is 0 Å². The lowest BCUT2D eigenvalue weighted by atomic mass is 10.2. The first-order valence-corrected chi connectivity index (χ1v) is 7.73. The number of carbonyl (C=O) groups excluding carboxylic acids is 1. The van der Waals surface area contributed by atoms with Crippen LogP contribution in [0, 0.1) is 5.92 Å². The SMILES string of the molecule is COC(=O)CCCCCNS(=O)(=O)CC1CC1. The zero-order valence-electron chi connectivity index (χ0n) is 10.3. The molecule has 0 aliphatic heterocycles. The van der Waals surface area contributed by atoms with Gasteiger partial charge in [-0.05, 0) is 31.6 Å². The van der Waals surface area contributed by atoms with E-state index in [0.29, 0.717) is 18.9 Å². The molecule has 1 aliphatic carbocycles. The van der Waals surface area contributed by atoms with Crippen LogP contribution in [0.15, 0.2) is 0 Å². The molecular weight excluding hydrogens is 242 g/mol. The maximum Gasteiger partial charge on any atom is 0.305 e. The maximum absolute atomic E-state index is 11.5. The van der Waals surface area contributed by atoms with Crippen LogP contribution in [0.5, 0.6) is 0 Å². The molecule has 0 radical (unpaired) electrons. The highest BCUT2D eigenvalue weighted by Gasteiger charge is 2.27. The van der Waals surface area contributed by atoms with Crippen molar-refractivity contribution in [2.75, 3.05) is 19.4 Å². The molecule has 5 nitrogen and oxygen atoms in total. The first-order valence-electron chi connectivity index (χ1n) is 6.07. The Kier molecular flexibility index (Phi) is 5.91. The van der Waals surface area contributed by atoms with E-state index in [1.807, 2.05) is 0 Å². The van der Waals surface area contributed by atoms with Gasteiger partial charge in [-0.3, -0.25) is 4.79 Å². The third-order valence-electron chi connectivity index (χ3n) is 2.76. The largest absolute Gasteiger partial charge is 0.469 e. The summed E-state index contributed by atoms with van der Waals surface area (Å²) < 4.78 is 30.1. The van der Waals surface area contributed by atoms with Crippen LogP contribution in [0.2, 0.25) is 0 Å². The van der Waals surface area contributed by atoms with Crippen LogP contribution in [0.3, 0.4) is 0 Å². The average Bonchev–Trinajstić information content (AvgIpc) is 3.05. The molecule has 1 aliphatic rings. The molecule has 0 unspecified atom stereocenters. The predicted molar refractivity (Wildman–Crippen MR) is 65.0 cm³/mol. The number of ether oxygens (including phenoxy) is 1. The van der Waals surface area contributed by atoms with Gasteiger partial charge in [0.1, 0.15) is 0 Å². The third kappa shape index (κ3) is 7.33. The normalized spacial score (nSPS) is 15.8. The predicted octanol–water partition coefficient (Wildman–Crippen LogP) is 1.05. The van der Waals surface area contributed by atoms with Crippen molar-refractivity contribution in [3.8, 4) is 0 Å². The van der Waals surface area contributed by atoms with Crippen molar-refractivity contribution in [2.45, 2.75) is 38.5 Å². The van der Waals surface area contributed by atoms with Crippen molar-refractivity contribution < 1.29 is 17.9 Å². The quantitative estimate of drug-likeness (QED) is 0.498. The van der Waals surface area contributed by atoms with Crippen LogP contribution in [-0.4, -0.2) is 33.8 Å². The summed E-state index contributed by atoms with van der Waals surface area (Å²) >= 11 is 0. The first-order chi connectivity index (χ1) is 8.03. The monoisotopic (exact) mass is 263 g/mol. The van der Waals surface area contributed by atoms with Gasteiger partial charge in [-0.25, -0.2) is 13.1 Å². The fraction of sp³-hybridized carbons (Fsp3) is 0.909. The molecule has 0 spiro atoms. The van der Waals surface area contributed by atoms with Crippen molar-refractivity contribution in [1.82, 2.24) is 4.72 Å². The lowest BCUT2D eigenvalue weighted by Gasteiger charge is -2.05. The molecule has 0 aromatic rings. The van der Waals surface area contributed by atoms with Gasteiger partial charge in [0.05, 0.1) is 12.9 Å². The van der Waals surface area contributed by atoms with Gasteiger partial charge in [-0.1, -0.05) is 6.42 Å². The Balaban J connectivity index is 1.97. The fourth-order valence-electron chi connectivity index (χ4n) is 1.55. The molecule has 1 saturated carbocycles. The molecule has 0 atom stereocenters. The summed E-state index contributed by atoms with van der Waals surface area (Å²) in [5.74, 6) is 0.445. The van der Waals surface area contributed by atoms with Gasteiger partial charge in [0.2, 0.25) is 10.0 Å². The van der Waals surface area contributed by atoms with Crippen molar-refractivity contribution in [3.05, 3.63) is 0 Å². The number of esters is 1. The Morgan fingerprint density at radius 2 is 2.00 bits per heavy atom. The van der Waals surface area contributed by atoms with Gasteiger partial charge >= 0.3 is 5.97 Å². The average molecular weight is 263 g/mol. The van der Waals surface area contributed by atoms with E-state index >= 15 is 0 Å². The van der Waals surface area contributed by atoms with Crippen LogP contribution in [-0.2, 0) is 19.6 Å². The lowest BCUT2D eigenvalue weighted by Crippen LogP contribution is -2.28. The molecule has 1 N–H and O–H groups in total. The van der Waals surface area contributed by atoms with E-state index in [2.05, 4.69) is 9.46 Å². The Morgan fingerprint density at radius 1 is 1.29 bits per heavy atom. The zero-order chi connectivity index (χ0) is 12.7. The van der Waals surface area contributed by atoms with Crippen LogP contribution < -0.4 is 4.72 Å². The summed E-state index contributed by atoms with van der Waals surface area (Å²) in [6.45, 7) is 0.468. The Hall–Kier alpha value is -0.620. The summed E-state index contributed by atoms with van der Waals surface area (Å²) in [6, 6.07) is 0. The molecule has 0 heterocycles. The number of carbonyl (C=O) groups is 1. The number of sulfonamides is 1. The van der Waals surface area contributed by atoms with Crippen molar-refractivity contribution in [2.24, 2.45) is 5.92 Å². The molecule has 17 heavy (non-hydrogen) atoms. The highest BCUT2D eigenvalue weighted by Crippen LogP contribution is 2.29. The number of unbranched alkanes of at least 4 members (excludes halogenated alkanes) is 2. The van der Waals surface area contributed by atoms with Crippen LogP contribution >= 0.6 is 0 Å². The minimum absolute atomic E-state index is 0.209. The van der Waals surface area contributed by atoms with E-state index in [-0.39, 0.29) is 11.7 Å². The third-order valence-corrected chi connectivity index (χ3v) is 4.31. The van der Waals surface area contributed by atoms with E-state index in [1.54, 1.807) is 0 Å². The zero-order valence-corrected chi connectivity index (χ0v) is 11.1. The molecule has 1 rings (SSSR count). The number of hydrogen-bond donors (Lipinski definition) is 1. The highest BCUT2D eigenvalue weighted by atomic mass is 32.2. The van der Waals surface area contributed by atoms with E-state index in [9.17, 15) is 13.2 Å². The van der Waals surface area contributed by atoms with E-state index < -0.39 is 10.0 Å². The Morgan fingerprint density at radius 3 is 2.59 bits per heavy atom. The summed E-state index contributed by atoms with van der Waals surface area (Å²) in [6.07, 6.45) is 4.84. The second-order valence-corrected chi connectivity index (χ2v) is 6.36. The minimum atomic E-state index is -3.07. The molecule has 100 valence electrons. The summed E-state index contributed by atoms with van der Waals surface area (Å²) in [5, 5.41) is 0. The molecule has 0 amide bonds. The van der Waals surface area contributed by atoms with E-state index in [0.717, 1.165) is 32.1 Å². The number of rotatable bonds is 9. The standard InChI is InChI=1S/C11H21NO4S/c1-16-11(13)5-3-2-4-8-12-17(14,15)9-10-6-7-10/h10,12H,2-9H2,1H3. The first kappa shape index (κ1) is 14.4. The second kappa shape index (κ2) is 6.96. The van der Waals surface area contributed by atoms with Crippen LogP contribution in [0.1, 0.15) is 38.5 Å². The number of methoxy groups -OCH3 is 1. The number of nitrogens with one attached hydrogen (secondary N) is 1. The van der Waals surface area contributed by atoms with Gasteiger partial charge in [0, 0.05) is 13.0 Å². The van der Waals surface area contributed by atoms with Gasteiger partial charge in [-0.2, -0.15) is 0 Å². The summed E-state index contributed by atoms with van der Waals surface area (Å²) in [4.78, 5) is 10.8. The Labute approximate surface area is 103 Å². The van der Waals surface area contributed by atoms with Crippen molar-refractivity contribution >= 4 is 16.0 Å². The van der Waals surface area contributed by atoms with Gasteiger partial charge < -0.3 is 4.74 Å². The molecule has 0 saturated heterocycles. The Bertz CT molecular complexity index is 335. The van der Waals surface area contributed by atoms with E-state index in [1.165, 1.54) is 7.11 Å². The number of hydrogen-bond acceptors (Lipinski definition) is 4. The minimum Gasteiger partial charge on any atom is -0.469 e. The smallest absolute Gasteiger partial charge is 0.305 e. The van der Waals surface area contributed by atoms with Gasteiger partial charge in [0.25, 0.3) is 0 Å². The fourth-order valence-corrected chi connectivity index (χ4v) is 3.08. The summed E-state index contributed by atoms with van der Waals surface area (Å²) in [7, 11) is -1.70.